The van der Waals surface area contributed by atoms with Gasteiger partial charge in [-0.3, -0.25) is 0 Å². The standard InChI is InChI=1S/C11H21NS/c1-2-5-10(6-3-1)12-9-11-7-4-8-13-11/h10-12H,1-9H2. The van der Waals surface area contributed by atoms with Crippen molar-refractivity contribution in [3.63, 3.8) is 0 Å². The van der Waals surface area contributed by atoms with E-state index in [2.05, 4.69) is 17.1 Å². The van der Waals surface area contributed by atoms with Crippen LogP contribution in [0.5, 0.6) is 0 Å². The Hall–Kier alpha value is 0.310. The van der Waals surface area contributed by atoms with Gasteiger partial charge in [-0.1, -0.05) is 19.3 Å². The molecule has 0 spiro atoms. The van der Waals surface area contributed by atoms with E-state index >= 15 is 0 Å². The minimum Gasteiger partial charge on any atom is -0.313 e. The number of nitrogens with one attached hydrogen (secondary N) is 1. The van der Waals surface area contributed by atoms with E-state index < -0.39 is 0 Å². The van der Waals surface area contributed by atoms with Crippen molar-refractivity contribution < 1.29 is 0 Å². The Morgan fingerprint density at radius 2 is 1.85 bits per heavy atom. The quantitative estimate of drug-likeness (QED) is 0.750. The van der Waals surface area contributed by atoms with Crippen molar-refractivity contribution in [3.8, 4) is 0 Å². The predicted octanol–water partition coefficient (Wildman–Crippen LogP) is 2.80. The van der Waals surface area contributed by atoms with Crippen molar-refractivity contribution in [1.29, 1.82) is 0 Å². The molecule has 1 saturated carbocycles. The maximum atomic E-state index is 3.74. The van der Waals surface area contributed by atoms with Crippen molar-refractivity contribution >= 4 is 11.8 Å². The van der Waals surface area contributed by atoms with Crippen LogP contribution < -0.4 is 5.32 Å². The molecule has 1 nitrogen and oxygen atoms in total. The molecule has 0 radical (unpaired) electrons. The number of hydrogen-bond donors (Lipinski definition) is 1. The summed E-state index contributed by atoms with van der Waals surface area (Å²) in [4.78, 5) is 0. The zero-order valence-corrected chi connectivity index (χ0v) is 9.24. The smallest absolute Gasteiger partial charge is 0.0172 e. The molecule has 1 heterocycles. The van der Waals surface area contributed by atoms with E-state index in [1.54, 1.807) is 0 Å². The largest absolute Gasteiger partial charge is 0.313 e. The molecule has 1 aliphatic heterocycles. The molecular weight excluding hydrogens is 178 g/mol. The SMILES string of the molecule is C1CCC(NCC2CCCS2)CC1. The van der Waals surface area contributed by atoms with Gasteiger partial charge in [-0.15, -0.1) is 0 Å². The van der Waals surface area contributed by atoms with Crippen molar-refractivity contribution in [1.82, 2.24) is 5.32 Å². The van der Waals surface area contributed by atoms with Gasteiger partial charge in [0.2, 0.25) is 0 Å². The monoisotopic (exact) mass is 199 g/mol. The Morgan fingerprint density at radius 1 is 1.00 bits per heavy atom. The molecule has 76 valence electrons. The van der Waals surface area contributed by atoms with Gasteiger partial charge in [0.25, 0.3) is 0 Å². The summed E-state index contributed by atoms with van der Waals surface area (Å²) in [6.07, 6.45) is 10.1. The van der Waals surface area contributed by atoms with Gasteiger partial charge >= 0.3 is 0 Å². The normalized spacial score (nSPS) is 30.9. The van der Waals surface area contributed by atoms with E-state index in [1.807, 2.05) is 0 Å². The highest BCUT2D eigenvalue weighted by molar-refractivity contribution is 8.00. The number of rotatable bonds is 3. The maximum Gasteiger partial charge on any atom is 0.0172 e. The molecule has 0 aromatic carbocycles. The maximum absolute atomic E-state index is 3.74. The Kier molecular flexibility index (Phi) is 3.98. The summed E-state index contributed by atoms with van der Waals surface area (Å²) in [6, 6.07) is 0.856. The molecule has 1 aliphatic carbocycles. The Labute approximate surface area is 86.0 Å². The second kappa shape index (κ2) is 5.26. The fourth-order valence-corrected chi connectivity index (χ4v) is 3.62. The van der Waals surface area contributed by atoms with Crippen LogP contribution in [0.15, 0.2) is 0 Å². The second-order valence-corrected chi connectivity index (χ2v) is 5.79. The van der Waals surface area contributed by atoms with Gasteiger partial charge in [-0.25, -0.2) is 0 Å². The van der Waals surface area contributed by atoms with Crippen LogP contribution in [-0.4, -0.2) is 23.6 Å². The van der Waals surface area contributed by atoms with Crippen LogP contribution >= 0.6 is 11.8 Å². The van der Waals surface area contributed by atoms with Crippen LogP contribution in [0.25, 0.3) is 0 Å². The highest BCUT2D eigenvalue weighted by atomic mass is 32.2. The van der Waals surface area contributed by atoms with Crippen LogP contribution in [0.1, 0.15) is 44.9 Å². The summed E-state index contributed by atoms with van der Waals surface area (Å²) in [7, 11) is 0. The first-order chi connectivity index (χ1) is 6.45. The van der Waals surface area contributed by atoms with Gasteiger partial charge in [-0.05, 0) is 31.4 Å². The first kappa shape index (κ1) is 9.85. The zero-order chi connectivity index (χ0) is 8.93. The van der Waals surface area contributed by atoms with E-state index in [-0.39, 0.29) is 0 Å². The molecule has 1 N–H and O–H groups in total. The molecule has 2 heteroatoms. The van der Waals surface area contributed by atoms with Gasteiger partial charge in [0.15, 0.2) is 0 Å². The minimum atomic E-state index is 0.856. The lowest BCUT2D eigenvalue weighted by atomic mass is 9.95. The van der Waals surface area contributed by atoms with Crippen LogP contribution in [0.2, 0.25) is 0 Å². The summed E-state index contributed by atoms with van der Waals surface area (Å²) < 4.78 is 0. The summed E-state index contributed by atoms with van der Waals surface area (Å²) in [6.45, 7) is 1.27. The second-order valence-electron chi connectivity index (χ2n) is 4.38. The molecule has 2 aliphatic rings. The molecule has 0 amide bonds. The summed E-state index contributed by atoms with van der Waals surface area (Å²) >= 11 is 2.17. The molecule has 2 fully saturated rings. The summed E-state index contributed by atoms with van der Waals surface area (Å²) in [5.74, 6) is 1.40. The highest BCUT2D eigenvalue weighted by Gasteiger charge is 2.18. The van der Waals surface area contributed by atoms with Gasteiger partial charge in [0.1, 0.15) is 0 Å². The van der Waals surface area contributed by atoms with Crippen LogP contribution in [-0.2, 0) is 0 Å². The lowest BCUT2D eigenvalue weighted by Crippen LogP contribution is -2.35. The van der Waals surface area contributed by atoms with Gasteiger partial charge < -0.3 is 5.32 Å². The van der Waals surface area contributed by atoms with Crippen LogP contribution in [0.4, 0.5) is 0 Å². The molecule has 0 bridgehead atoms. The van der Waals surface area contributed by atoms with E-state index in [1.165, 1.54) is 57.2 Å². The van der Waals surface area contributed by atoms with Gasteiger partial charge in [0.05, 0.1) is 0 Å². The number of hydrogen-bond acceptors (Lipinski definition) is 2. The molecule has 0 aromatic heterocycles. The third-order valence-electron chi connectivity index (χ3n) is 3.26. The lowest BCUT2D eigenvalue weighted by Gasteiger charge is -2.24. The van der Waals surface area contributed by atoms with E-state index in [0.29, 0.717) is 0 Å². The molecule has 0 aromatic rings. The van der Waals surface area contributed by atoms with Crippen LogP contribution in [0.3, 0.4) is 0 Å². The van der Waals surface area contributed by atoms with Gasteiger partial charge in [0, 0.05) is 17.8 Å². The average Bonchev–Trinajstić information content (AvgIpc) is 2.69. The average molecular weight is 199 g/mol. The molecule has 1 saturated heterocycles. The molecular formula is C11H21NS. The Balaban J connectivity index is 1.60. The number of thioether (sulfide) groups is 1. The molecule has 1 unspecified atom stereocenters. The third kappa shape index (κ3) is 3.17. The van der Waals surface area contributed by atoms with E-state index in [9.17, 15) is 0 Å². The first-order valence-corrected chi connectivity index (χ1v) is 6.85. The van der Waals surface area contributed by atoms with Crippen molar-refractivity contribution in [2.75, 3.05) is 12.3 Å². The Bertz CT molecular complexity index is 137. The molecule has 2 rings (SSSR count). The summed E-state index contributed by atoms with van der Waals surface area (Å²) in [5.41, 5.74) is 0. The predicted molar refractivity (Wildman–Crippen MR) is 60.4 cm³/mol. The van der Waals surface area contributed by atoms with Gasteiger partial charge in [-0.2, -0.15) is 11.8 Å². The fourth-order valence-electron chi connectivity index (χ4n) is 2.41. The first-order valence-electron chi connectivity index (χ1n) is 5.80. The van der Waals surface area contributed by atoms with Crippen molar-refractivity contribution in [3.05, 3.63) is 0 Å². The van der Waals surface area contributed by atoms with Crippen LogP contribution in [0, 0.1) is 0 Å². The third-order valence-corrected chi connectivity index (χ3v) is 4.66. The topological polar surface area (TPSA) is 12.0 Å². The van der Waals surface area contributed by atoms with E-state index in [4.69, 9.17) is 0 Å². The fraction of sp³-hybridized carbons (Fsp3) is 1.00. The summed E-state index contributed by atoms with van der Waals surface area (Å²) in [5, 5.41) is 4.68. The zero-order valence-electron chi connectivity index (χ0n) is 8.43. The molecule has 1 atom stereocenters. The van der Waals surface area contributed by atoms with Crippen molar-refractivity contribution in [2.45, 2.75) is 56.2 Å². The van der Waals surface area contributed by atoms with Crippen molar-refractivity contribution in [2.24, 2.45) is 0 Å². The van der Waals surface area contributed by atoms with E-state index in [0.717, 1.165) is 11.3 Å². The lowest BCUT2D eigenvalue weighted by molar-refractivity contribution is 0.373. The highest BCUT2D eigenvalue weighted by Crippen LogP contribution is 2.26. The minimum absolute atomic E-state index is 0.856. The molecule has 13 heavy (non-hydrogen) atoms. The Morgan fingerprint density at radius 3 is 2.54 bits per heavy atom.